The molecule has 3 rings (SSSR count). The van der Waals surface area contributed by atoms with Crippen molar-refractivity contribution in [3.8, 4) is 17.2 Å². The second-order valence-electron chi connectivity index (χ2n) is 6.32. The molecule has 0 amide bonds. The van der Waals surface area contributed by atoms with Crippen LogP contribution in [0.4, 0.5) is 0 Å². The minimum Gasteiger partial charge on any atom is -0.493 e. The maximum absolute atomic E-state index is 6.35. The van der Waals surface area contributed by atoms with Gasteiger partial charge in [0.15, 0.2) is 11.5 Å². The second-order valence-corrected chi connectivity index (χ2v) is 6.73. The summed E-state index contributed by atoms with van der Waals surface area (Å²) in [6, 6.07) is 21.9. The summed E-state index contributed by atoms with van der Waals surface area (Å²) in [6.07, 6.45) is 0. The summed E-state index contributed by atoms with van der Waals surface area (Å²) in [5, 5.41) is 4.06. The quantitative estimate of drug-likeness (QED) is 0.537. The first kappa shape index (κ1) is 20.1. The summed E-state index contributed by atoms with van der Waals surface area (Å²) < 4.78 is 16.5. The Balaban J connectivity index is 1.56. The van der Waals surface area contributed by atoms with Gasteiger partial charge in [0.2, 0.25) is 0 Å². The van der Waals surface area contributed by atoms with Crippen LogP contribution in [-0.2, 0) is 19.7 Å². The van der Waals surface area contributed by atoms with Crippen LogP contribution < -0.4 is 19.5 Å². The number of halogens is 1. The molecule has 3 aromatic carbocycles. The SMILES string of the molecule is COc1cc(Cl)c(CNCc2cccc(OCc3ccccc3)c2)cc1OC. The van der Waals surface area contributed by atoms with Gasteiger partial charge < -0.3 is 19.5 Å². The van der Waals surface area contributed by atoms with E-state index in [-0.39, 0.29) is 0 Å². The Morgan fingerprint density at radius 3 is 2.25 bits per heavy atom. The zero-order chi connectivity index (χ0) is 19.8. The molecule has 0 aliphatic heterocycles. The Labute approximate surface area is 171 Å². The van der Waals surface area contributed by atoms with Gasteiger partial charge in [-0.2, -0.15) is 0 Å². The average Bonchev–Trinajstić information content (AvgIpc) is 2.74. The van der Waals surface area contributed by atoms with Crippen LogP contribution in [-0.4, -0.2) is 14.2 Å². The van der Waals surface area contributed by atoms with E-state index >= 15 is 0 Å². The number of rotatable bonds is 9. The van der Waals surface area contributed by atoms with Gasteiger partial charge in [0.05, 0.1) is 14.2 Å². The number of hydrogen-bond acceptors (Lipinski definition) is 4. The summed E-state index contributed by atoms with van der Waals surface area (Å²) in [7, 11) is 3.21. The van der Waals surface area contributed by atoms with Crippen molar-refractivity contribution in [2.24, 2.45) is 0 Å². The number of hydrogen-bond donors (Lipinski definition) is 1. The van der Waals surface area contributed by atoms with E-state index in [9.17, 15) is 0 Å². The van der Waals surface area contributed by atoms with Crippen molar-refractivity contribution in [3.05, 3.63) is 88.4 Å². The highest BCUT2D eigenvalue weighted by Crippen LogP contribution is 2.33. The van der Waals surface area contributed by atoms with Gasteiger partial charge in [-0.3, -0.25) is 0 Å². The van der Waals surface area contributed by atoms with Gasteiger partial charge in [0.1, 0.15) is 12.4 Å². The predicted octanol–water partition coefficient (Wildman–Crippen LogP) is 5.23. The maximum atomic E-state index is 6.35. The van der Waals surface area contributed by atoms with Crippen molar-refractivity contribution in [2.45, 2.75) is 19.7 Å². The standard InChI is InChI=1S/C23H24ClNO3/c1-26-22-12-19(21(24)13-23(22)27-2)15-25-14-18-9-6-10-20(11-18)28-16-17-7-4-3-5-8-17/h3-13,25H,14-16H2,1-2H3. The Morgan fingerprint density at radius 2 is 1.50 bits per heavy atom. The van der Waals surface area contributed by atoms with E-state index in [4.69, 9.17) is 25.8 Å². The fourth-order valence-electron chi connectivity index (χ4n) is 2.86. The normalized spacial score (nSPS) is 10.5. The fraction of sp³-hybridized carbons (Fsp3) is 0.217. The van der Waals surface area contributed by atoms with Crippen LogP contribution in [0.1, 0.15) is 16.7 Å². The Kier molecular flexibility index (Phi) is 7.18. The summed E-state index contributed by atoms with van der Waals surface area (Å²) in [6.45, 7) is 1.88. The summed E-state index contributed by atoms with van der Waals surface area (Å²) in [4.78, 5) is 0. The first-order valence-corrected chi connectivity index (χ1v) is 9.44. The van der Waals surface area contributed by atoms with Crippen molar-refractivity contribution < 1.29 is 14.2 Å². The summed E-state index contributed by atoms with van der Waals surface area (Å²) in [5.41, 5.74) is 3.24. The zero-order valence-electron chi connectivity index (χ0n) is 16.1. The molecule has 0 unspecified atom stereocenters. The smallest absolute Gasteiger partial charge is 0.162 e. The van der Waals surface area contributed by atoms with Gasteiger partial charge in [0, 0.05) is 24.2 Å². The molecule has 5 heteroatoms. The number of benzene rings is 3. The largest absolute Gasteiger partial charge is 0.493 e. The van der Waals surface area contributed by atoms with E-state index in [0.717, 1.165) is 22.4 Å². The van der Waals surface area contributed by atoms with E-state index in [1.54, 1.807) is 20.3 Å². The molecule has 0 saturated carbocycles. The Hall–Kier alpha value is -2.69. The average molecular weight is 398 g/mol. The van der Waals surface area contributed by atoms with Crippen molar-refractivity contribution in [2.75, 3.05) is 14.2 Å². The van der Waals surface area contributed by atoms with Crippen LogP contribution >= 0.6 is 11.6 Å². The first-order valence-electron chi connectivity index (χ1n) is 9.06. The Morgan fingerprint density at radius 1 is 0.786 bits per heavy atom. The van der Waals surface area contributed by atoms with E-state index in [0.29, 0.717) is 36.2 Å². The number of methoxy groups -OCH3 is 2. The zero-order valence-corrected chi connectivity index (χ0v) is 16.8. The fourth-order valence-corrected chi connectivity index (χ4v) is 3.08. The molecule has 0 aliphatic carbocycles. The second kappa shape index (κ2) is 10.0. The lowest BCUT2D eigenvalue weighted by Crippen LogP contribution is -2.13. The topological polar surface area (TPSA) is 39.7 Å². The molecule has 0 bridgehead atoms. The molecule has 0 heterocycles. The highest BCUT2D eigenvalue weighted by molar-refractivity contribution is 6.31. The molecule has 0 spiro atoms. The van der Waals surface area contributed by atoms with Crippen LogP contribution in [0.3, 0.4) is 0 Å². The molecular weight excluding hydrogens is 374 g/mol. The van der Waals surface area contributed by atoms with Crippen LogP contribution in [0.25, 0.3) is 0 Å². The van der Waals surface area contributed by atoms with Crippen LogP contribution in [0.2, 0.25) is 5.02 Å². The van der Waals surface area contributed by atoms with Crippen molar-refractivity contribution in [3.63, 3.8) is 0 Å². The highest BCUT2D eigenvalue weighted by Gasteiger charge is 2.09. The van der Waals surface area contributed by atoms with E-state index < -0.39 is 0 Å². The molecule has 0 aliphatic rings. The molecule has 0 aromatic heterocycles. The molecule has 0 saturated heterocycles. The predicted molar refractivity (Wildman–Crippen MR) is 112 cm³/mol. The lowest BCUT2D eigenvalue weighted by atomic mass is 10.1. The summed E-state index contributed by atoms with van der Waals surface area (Å²) >= 11 is 6.35. The van der Waals surface area contributed by atoms with Gasteiger partial charge in [-0.15, -0.1) is 0 Å². The van der Waals surface area contributed by atoms with Gasteiger partial charge >= 0.3 is 0 Å². The van der Waals surface area contributed by atoms with Crippen molar-refractivity contribution >= 4 is 11.6 Å². The van der Waals surface area contributed by atoms with E-state index in [1.807, 2.05) is 42.5 Å². The lowest BCUT2D eigenvalue weighted by Gasteiger charge is -2.13. The van der Waals surface area contributed by atoms with E-state index in [2.05, 4.69) is 23.5 Å². The van der Waals surface area contributed by atoms with Gasteiger partial charge in [-0.05, 0) is 34.9 Å². The maximum Gasteiger partial charge on any atom is 0.162 e. The van der Waals surface area contributed by atoms with Gasteiger partial charge in [-0.25, -0.2) is 0 Å². The molecule has 4 nitrogen and oxygen atoms in total. The third-order valence-electron chi connectivity index (χ3n) is 4.34. The molecule has 1 N–H and O–H groups in total. The molecule has 28 heavy (non-hydrogen) atoms. The molecule has 0 atom stereocenters. The third-order valence-corrected chi connectivity index (χ3v) is 4.70. The molecule has 146 valence electrons. The minimum absolute atomic E-state index is 0.555. The van der Waals surface area contributed by atoms with Crippen LogP contribution in [0, 0.1) is 0 Å². The summed E-state index contributed by atoms with van der Waals surface area (Å²) in [5.74, 6) is 2.15. The highest BCUT2D eigenvalue weighted by atomic mass is 35.5. The molecule has 3 aromatic rings. The lowest BCUT2D eigenvalue weighted by molar-refractivity contribution is 0.306. The third kappa shape index (κ3) is 5.41. The van der Waals surface area contributed by atoms with Crippen LogP contribution in [0.5, 0.6) is 17.2 Å². The molecule has 0 radical (unpaired) electrons. The van der Waals surface area contributed by atoms with Crippen LogP contribution in [0.15, 0.2) is 66.7 Å². The molecule has 0 fully saturated rings. The number of nitrogens with one attached hydrogen (secondary N) is 1. The Bertz CT molecular complexity index is 900. The van der Waals surface area contributed by atoms with Crippen molar-refractivity contribution in [1.29, 1.82) is 0 Å². The monoisotopic (exact) mass is 397 g/mol. The van der Waals surface area contributed by atoms with Gasteiger partial charge in [0.25, 0.3) is 0 Å². The van der Waals surface area contributed by atoms with Gasteiger partial charge in [-0.1, -0.05) is 54.1 Å². The first-order chi connectivity index (χ1) is 13.7. The van der Waals surface area contributed by atoms with E-state index in [1.165, 1.54) is 0 Å². The number of ether oxygens (including phenoxy) is 3. The minimum atomic E-state index is 0.555. The van der Waals surface area contributed by atoms with Crippen molar-refractivity contribution in [1.82, 2.24) is 5.32 Å². The molecular formula is C23H24ClNO3.